The largest absolute Gasteiger partial charge is 0.507 e. The van der Waals surface area contributed by atoms with Gasteiger partial charge in [0.25, 0.3) is 0 Å². The fourth-order valence-corrected chi connectivity index (χ4v) is 7.88. The van der Waals surface area contributed by atoms with Crippen molar-refractivity contribution in [1.82, 2.24) is 9.80 Å². The molecular formula is C48H48N4O4. The van der Waals surface area contributed by atoms with Crippen LogP contribution in [0, 0.1) is 13.8 Å². The summed E-state index contributed by atoms with van der Waals surface area (Å²) >= 11 is 0. The predicted octanol–water partition coefficient (Wildman–Crippen LogP) is 9.94. The summed E-state index contributed by atoms with van der Waals surface area (Å²) < 4.78 is 12.7. The number of hydrogen-bond donors (Lipinski definition) is 2. The van der Waals surface area contributed by atoms with Crippen LogP contribution in [-0.2, 0) is 26.2 Å². The summed E-state index contributed by atoms with van der Waals surface area (Å²) in [6, 6.07) is 36.6. The average Bonchev–Trinajstić information content (AvgIpc) is 3.19. The van der Waals surface area contributed by atoms with Crippen LogP contribution < -0.4 is 9.47 Å². The first-order chi connectivity index (χ1) is 27.4. The van der Waals surface area contributed by atoms with Gasteiger partial charge in [-0.2, -0.15) is 0 Å². The number of ether oxygens (including phenoxy) is 2. The molecule has 0 aromatic heterocycles. The van der Waals surface area contributed by atoms with E-state index in [9.17, 15) is 10.2 Å². The molecule has 2 N–H and O–H groups in total. The summed E-state index contributed by atoms with van der Waals surface area (Å²) in [5.74, 6) is 2.18. The highest BCUT2D eigenvalue weighted by atomic mass is 16.5. The number of hydrogen-bond acceptors (Lipinski definition) is 8. The molecule has 0 spiro atoms. The van der Waals surface area contributed by atoms with Gasteiger partial charge >= 0.3 is 0 Å². The third-order valence-corrected chi connectivity index (χ3v) is 10.5. The Balaban J connectivity index is 1.27. The Bertz CT molecular complexity index is 2260. The highest BCUT2D eigenvalue weighted by Gasteiger charge is 2.19. The second-order valence-corrected chi connectivity index (χ2v) is 14.9. The summed E-state index contributed by atoms with van der Waals surface area (Å²) in [4.78, 5) is 14.7. The van der Waals surface area contributed by atoms with E-state index in [0.717, 1.165) is 93.0 Å². The molecule has 8 rings (SSSR count). The molecule has 0 saturated carbocycles. The standard InChI is InChI=1S/C48H48N4O4/c1-33-23-38-27-49-42-15-7-13-35-14-8-16-43(46(35)42)50-28-39-24-34(2)26-41(48(39)54)32-52-20-9-19-51(31-40(25-33)47(38)53)29-36-11-3-5-17-44(36)55-21-10-22-56-45-18-6-4-12-37(45)30-52/h3-8,11-18,23-28,53-54H,9-10,19-22,29-32H2,1-2H3. The Hall–Kier alpha value is -5.96. The van der Waals surface area contributed by atoms with E-state index >= 15 is 0 Å². The van der Waals surface area contributed by atoms with Crippen LogP contribution in [0.2, 0.25) is 0 Å². The van der Waals surface area contributed by atoms with Crippen LogP contribution >= 0.6 is 0 Å². The minimum atomic E-state index is 0.228. The number of fused-ring (bicyclic) bond motifs is 10. The molecule has 8 nitrogen and oxygen atoms in total. The maximum absolute atomic E-state index is 11.8. The van der Waals surface area contributed by atoms with Gasteiger partial charge in [-0.3, -0.25) is 19.8 Å². The molecule has 56 heavy (non-hydrogen) atoms. The minimum Gasteiger partial charge on any atom is -0.507 e. The van der Waals surface area contributed by atoms with E-state index in [1.807, 2.05) is 60.7 Å². The Kier molecular flexibility index (Phi) is 11.1. The van der Waals surface area contributed by atoms with E-state index in [2.05, 4.69) is 72.2 Å². The smallest absolute Gasteiger partial charge is 0.128 e. The lowest BCUT2D eigenvalue weighted by atomic mass is 10.0. The Labute approximate surface area is 329 Å². The third kappa shape index (κ3) is 8.47. The van der Waals surface area contributed by atoms with Gasteiger partial charge in [-0.25, -0.2) is 0 Å². The number of aliphatic imine (C=N–C) groups is 2. The SMILES string of the molecule is Cc1cc2c(O)c(c1)CN1CCCN(Cc3ccccc3OCCCOc3ccccc3C1)Cc1cc(C)cc(c1O)C=Nc1cccc3cccc(c13)N=C2. The lowest BCUT2D eigenvalue weighted by molar-refractivity contribution is 0.195. The van der Waals surface area contributed by atoms with Crippen molar-refractivity contribution in [2.75, 3.05) is 26.3 Å². The molecule has 6 aromatic carbocycles. The van der Waals surface area contributed by atoms with Crippen molar-refractivity contribution in [3.63, 3.8) is 0 Å². The Morgan fingerprint density at radius 3 is 1.48 bits per heavy atom. The first-order valence-corrected chi connectivity index (χ1v) is 19.5. The molecule has 0 fully saturated rings. The third-order valence-electron chi connectivity index (χ3n) is 10.5. The summed E-state index contributed by atoms with van der Waals surface area (Å²) in [5.41, 5.74) is 8.78. The Morgan fingerprint density at radius 2 is 0.982 bits per heavy atom. The molecule has 6 bridgehead atoms. The van der Waals surface area contributed by atoms with E-state index in [4.69, 9.17) is 19.5 Å². The number of nitrogens with zero attached hydrogens (tertiary/aromatic N) is 4. The lowest BCUT2D eigenvalue weighted by Gasteiger charge is -2.28. The lowest BCUT2D eigenvalue weighted by Crippen LogP contribution is -2.30. The average molecular weight is 745 g/mol. The molecule has 2 aliphatic heterocycles. The highest BCUT2D eigenvalue weighted by molar-refractivity contribution is 6.04. The zero-order valence-electron chi connectivity index (χ0n) is 32.1. The summed E-state index contributed by atoms with van der Waals surface area (Å²) in [7, 11) is 0. The van der Waals surface area contributed by atoms with Gasteiger partial charge in [0.1, 0.15) is 23.0 Å². The first-order valence-electron chi connectivity index (χ1n) is 19.5. The number of benzene rings is 6. The number of phenols is 2. The van der Waals surface area contributed by atoms with Crippen LogP contribution in [0.15, 0.2) is 119 Å². The number of aromatic hydroxyl groups is 2. The minimum absolute atomic E-state index is 0.228. The number of aryl methyl sites for hydroxylation is 2. The Morgan fingerprint density at radius 1 is 0.518 bits per heavy atom. The van der Waals surface area contributed by atoms with Crippen LogP contribution in [0.3, 0.4) is 0 Å². The van der Waals surface area contributed by atoms with Crippen LogP contribution in [0.5, 0.6) is 23.0 Å². The van der Waals surface area contributed by atoms with Crippen LogP contribution in [-0.4, -0.2) is 58.7 Å². The summed E-state index contributed by atoms with van der Waals surface area (Å²) in [6.45, 7) is 9.07. The van der Waals surface area contributed by atoms with E-state index in [0.29, 0.717) is 50.5 Å². The molecule has 0 aliphatic carbocycles. The molecule has 2 unspecified atom stereocenters. The summed E-state index contributed by atoms with van der Waals surface area (Å²) in [5, 5.41) is 25.5. The quantitative estimate of drug-likeness (QED) is 0.161. The number of para-hydroxylation sites is 2. The molecule has 8 heteroatoms. The van der Waals surface area contributed by atoms with Crippen LogP contribution in [0.1, 0.15) is 57.3 Å². The van der Waals surface area contributed by atoms with E-state index < -0.39 is 0 Å². The molecule has 284 valence electrons. The van der Waals surface area contributed by atoms with Crippen molar-refractivity contribution in [1.29, 1.82) is 0 Å². The zero-order chi connectivity index (χ0) is 38.4. The van der Waals surface area contributed by atoms with Gasteiger partial charge in [0.15, 0.2) is 0 Å². The van der Waals surface area contributed by atoms with Gasteiger partial charge in [0, 0.05) is 96.9 Å². The molecular weight excluding hydrogens is 697 g/mol. The van der Waals surface area contributed by atoms with Gasteiger partial charge in [0.05, 0.1) is 24.6 Å². The fraction of sp³-hybridized carbons (Fsp3) is 0.250. The normalized spacial score (nSPS) is 17.8. The van der Waals surface area contributed by atoms with Crippen LogP contribution in [0.25, 0.3) is 10.8 Å². The predicted molar refractivity (Wildman–Crippen MR) is 225 cm³/mol. The van der Waals surface area contributed by atoms with Crippen molar-refractivity contribution >= 4 is 34.6 Å². The van der Waals surface area contributed by atoms with Crippen LogP contribution in [0.4, 0.5) is 11.4 Å². The second-order valence-electron chi connectivity index (χ2n) is 14.9. The van der Waals surface area contributed by atoms with Crippen molar-refractivity contribution in [3.8, 4) is 23.0 Å². The van der Waals surface area contributed by atoms with Gasteiger partial charge < -0.3 is 19.7 Å². The van der Waals surface area contributed by atoms with Gasteiger partial charge in [-0.05, 0) is 73.2 Å². The highest BCUT2D eigenvalue weighted by Crippen LogP contribution is 2.36. The molecule has 2 aliphatic rings. The fourth-order valence-electron chi connectivity index (χ4n) is 7.88. The van der Waals surface area contributed by atoms with Crippen molar-refractivity contribution in [2.24, 2.45) is 9.98 Å². The molecule has 0 radical (unpaired) electrons. The van der Waals surface area contributed by atoms with Crippen molar-refractivity contribution < 1.29 is 19.7 Å². The molecule has 6 aromatic rings. The first kappa shape index (κ1) is 37.0. The van der Waals surface area contributed by atoms with E-state index in [-0.39, 0.29) is 11.5 Å². The van der Waals surface area contributed by atoms with Crippen molar-refractivity contribution in [3.05, 3.63) is 154 Å². The molecule has 0 saturated heterocycles. The zero-order valence-corrected chi connectivity index (χ0v) is 32.1. The van der Waals surface area contributed by atoms with Gasteiger partial charge in [0.2, 0.25) is 0 Å². The molecule has 2 atom stereocenters. The summed E-state index contributed by atoms with van der Waals surface area (Å²) in [6.07, 6.45) is 5.09. The molecule has 2 heterocycles. The van der Waals surface area contributed by atoms with Gasteiger partial charge in [-0.15, -0.1) is 0 Å². The maximum atomic E-state index is 11.8. The molecule has 0 amide bonds. The monoisotopic (exact) mass is 744 g/mol. The van der Waals surface area contributed by atoms with Crippen molar-refractivity contribution in [2.45, 2.75) is 52.9 Å². The number of rotatable bonds is 0. The van der Waals surface area contributed by atoms with E-state index in [1.54, 1.807) is 12.4 Å². The second kappa shape index (κ2) is 16.8. The maximum Gasteiger partial charge on any atom is 0.128 e. The number of phenolic OH excluding ortho intramolecular Hbond substituents is 2. The topological polar surface area (TPSA) is 90.1 Å². The van der Waals surface area contributed by atoms with E-state index in [1.165, 1.54) is 0 Å². The van der Waals surface area contributed by atoms with Gasteiger partial charge in [-0.1, -0.05) is 72.8 Å².